The van der Waals surface area contributed by atoms with Gasteiger partial charge in [-0.1, -0.05) is 30.3 Å². The minimum Gasteiger partial charge on any atom is -0.446 e. The molecule has 1 aromatic carbocycles. The maximum absolute atomic E-state index is 13.0. The van der Waals surface area contributed by atoms with Crippen molar-refractivity contribution in [3.63, 3.8) is 0 Å². The number of likely N-dealkylation sites (tertiary alicyclic amines) is 1. The van der Waals surface area contributed by atoms with Gasteiger partial charge in [0.2, 0.25) is 5.95 Å². The Bertz CT molecular complexity index is 857. The Balaban J connectivity index is 1.28. The lowest BCUT2D eigenvalue weighted by molar-refractivity contribution is 0.00995. The fraction of sp³-hybridized carbons (Fsp3) is 0.542. The van der Waals surface area contributed by atoms with Crippen molar-refractivity contribution in [2.75, 3.05) is 31.1 Å². The van der Waals surface area contributed by atoms with E-state index in [9.17, 15) is 4.79 Å². The van der Waals surface area contributed by atoms with Crippen molar-refractivity contribution >= 4 is 12.0 Å². The third-order valence-corrected chi connectivity index (χ3v) is 6.25. The fourth-order valence-corrected chi connectivity index (χ4v) is 4.66. The second-order valence-electron chi connectivity index (χ2n) is 8.85. The Kier molecular flexibility index (Phi) is 6.70. The largest absolute Gasteiger partial charge is 0.446 e. The van der Waals surface area contributed by atoms with Crippen LogP contribution in [-0.2, 0) is 11.3 Å². The van der Waals surface area contributed by atoms with Crippen LogP contribution in [0.15, 0.2) is 42.6 Å². The quantitative estimate of drug-likeness (QED) is 0.750. The first kappa shape index (κ1) is 21.6. The van der Waals surface area contributed by atoms with Gasteiger partial charge in [-0.25, -0.2) is 14.8 Å². The molecule has 31 heavy (non-hydrogen) atoms. The summed E-state index contributed by atoms with van der Waals surface area (Å²) in [5.74, 6) is 0.734. The molecule has 2 aliphatic rings. The van der Waals surface area contributed by atoms with E-state index in [0.717, 1.165) is 44.1 Å². The summed E-state index contributed by atoms with van der Waals surface area (Å²) >= 11 is 0. The summed E-state index contributed by atoms with van der Waals surface area (Å²) in [4.78, 5) is 28.4. The van der Waals surface area contributed by atoms with Crippen molar-refractivity contribution in [1.29, 1.82) is 0 Å². The Morgan fingerprint density at radius 2 is 1.74 bits per heavy atom. The SMILES string of the molecule is Cc1ccnc(N2C[C@@H](C)N(C(=O)OC3CCN(Cc4ccccc4)CC3)[C@H](C)C2)n1. The molecule has 1 aromatic heterocycles. The molecule has 0 unspecified atom stereocenters. The zero-order chi connectivity index (χ0) is 21.8. The van der Waals surface area contributed by atoms with Gasteiger partial charge >= 0.3 is 6.09 Å². The van der Waals surface area contributed by atoms with Gasteiger partial charge in [-0.3, -0.25) is 9.80 Å². The van der Waals surface area contributed by atoms with E-state index in [4.69, 9.17) is 4.74 Å². The number of amides is 1. The standard InChI is InChI=1S/C24H33N5O2/c1-18-9-12-25-23(26-18)28-15-19(2)29(20(3)16-28)24(30)31-22-10-13-27(14-11-22)17-21-7-5-4-6-8-21/h4-9,12,19-20,22H,10-11,13-17H2,1-3H3/t19-,20-/m1/s1. The van der Waals surface area contributed by atoms with Crippen molar-refractivity contribution in [3.05, 3.63) is 53.9 Å². The van der Waals surface area contributed by atoms with E-state index in [1.807, 2.05) is 24.0 Å². The van der Waals surface area contributed by atoms with Crippen LogP contribution in [0.1, 0.15) is 37.9 Å². The monoisotopic (exact) mass is 423 g/mol. The molecule has 1 amide bonds. The number of anilines is 1. The minimum atomic E-state index is -0.189. The smallest absolute Gasteiger partial charge is 0.410 e. The lowest BCUT2D eigenvalue weighted by Crippen LogP contribution is -2.59. The van der Waals surface area contributed by atoms with Gasteiger partial charge in [-0.2, -0.15) is 0 Å². The second-order valence-corrected chi connectivity index (χ2v) is 8.85. The van der Waals surface area contributed by atoms with Gasteiger partial charge in [0.1, 0.15) is 6.10 Å². The molecular formula is C24H33N5O2. The summed E-state index contributed by atoms with van der Waals surface area (Å²) in [6.45, 7) is 10.4. The average Bonchev–Trinajstić information content (AvgIpc) is 2.75. The molecule has 0 radical (unpaired) electrons. The van der Waals surface area contributed by atoms with Crippen LogP contribution in [0.5, 0.6) is 0 Å². The molecule has 4 rings (SSSR count). The third kappa shape index (κ3) is 5.34. The average molecular weight is 424 g/mol. The van der Waals surface area contributed by atoms with Crippen molar-refractivity contribution in [3.8, 4) is 0 Å². The van der Waals surface area contributed by atoms with E-state index in [2.05, 4.69) is 57.9 Å². The fourth-order valence-electron chi connectivity index (χ4n) is 4.66. The van der Waals surface area contributed by atoms with Gasteiger partial charge in [0.25, 0.3) is 0 Å². The molecule has 2 atom stereocenters. The molecule has 7 heteroatoms. The van der Waals surface area contributed by atoms with Gasteiger partial charge in [-0.15, -0.1) is 0 Å². The molecule has 0 spiro atoms. The summed E-state index contributed by atoms with van der Waals surface area (Å²) in [6, 6.07) is 12.5. The van der Waals surface area contributed by atoms with Crippen LogP contribution in [0, 0.1) is 6.92 Å². The second kappa shape index (κ2) is 9.64. The van der Waals surface area contributed by atoms with Crippen LogP contribution < -0.4 is 4.90 Å². The highest BCUT2D eigenvalue weighted by Gasteiger charge is 2.36. The van der Waals surface area contributed by atoms with Crippen molar-refractivity contribution in [2.45, 2.75) is 58.3 Å². The lowest BCUT2D eigenvalue weighted by atomic mass is 10.1. The lowest BCUT2D eigenvalue weighted by Gasteiger charge is -2.44. The molecular weight excluding hydrogens is 390 g/mol. The first-order valence-electron chi connectivity index (χ1n) is 11.3. The number of carbonyl (C=O) groups excluding carboxylic acids is 1. The molecule has 7 nitrogen and oxygen atoms in total. The summed E-state index contributed by atoms with van der Waals surface area (Å²) in [5.41, 5.74) is 2.28. The maximum Gasteiger partial charge on any atom is 0.410 e. The Hall–Kier alpha value is -2.67. The van der Waals surface area contributed by atoms with Crippen LogP contribution in [0.3, 0.4) is 0 Å². The highest BCUT2D eigenvalue weighted by molar-refractivity contribution is 5.69. The number of benzene rings is 1. The van der Waals surface area contributed by atoms with Crippen LogP contribution in [-0.4, -0.2) is 70.2 Å². The van der Waals surface area contributed by atoms with Crippen molar-refractivity contribution in [2.24, 2.45) is 0 Å². The molecule has 2 aliphatic heterocycles. The molecule has 0 saturated carbocycles. The molecule has 2 aromatic rings. The third-order valence-electron chi connectivity index (χ3n) is 6.25. The van der Waals surface area contributed by atoms with E-state index in [-0.39, 0.29) is 24.3 Å². The first-order chi connectivity index (χ1) is 15.0. The summed E-state index contributed by atoms with van der Waals surface area (Å²) < 4.78 is 5.94. The number of nitrogens with zero attached hydrogens (tertiary/aromatic N) is 5. The number of hydrogen-bond donors (Lipinski definition) is 0. The maximum atomic E-state index is 13.0. The number of rotatable bonds is 4. The van der Waals surface area contributed by atoms with Gasteiger partial charge in [-0.05, 0) is 45.2 Å². The van der Waals surface area contributed by atoms with Crippen LogP contribution in [0.4, 0.5) is 10.7 Å². The zero-order valence-corrected chi connectivity index (χ0v) is 18.8. The predicted molar refractivity (Wildman–Crippen MR) is 121 cm³/mol. The van der Waals surface area contributed by atoms with Crippen molar-refractivity contribution in [1.82, 2.24) is 19.8 Å². The normalized spacial score (nSPS) is 23.1. The highest BCUT2D eigenvalue weighted by atomic mass is 16.6. The molecule has 166 valence electrons. The van der Waals surface area contributed by atoms with Gasteiger partial charge in [0.15, 0.2) is 0 Å². The van der Waals surface area contributed by atoms with Gasteiger partial charge in [0.05, 0.1) is 12.1 Å². The summed E-state index contributed by atoms with van der Waals surface area (Å²) in [5, 5.41) is 0. The first-order valence-corrected chi connectivity index (χ1v) is 11.3. The Morgan fingerprint density at radius 3 is 2.39 bits per heavy atom. The van der Waals surface area contributed by atoms with Crippen LogP contribution >= 0.6 is 0 Å². The number of aromatic nitrogens is 2. The Labute approximate surface area is 185 Å². The number of piperidine rings is 1. The van der Waals surface area contributed by atoms with E-state index in [1.165, 1.54) is 5.56 Å². The van der Waals surface area contributed by atoms with E-state index >= 15 is 0 Å². The topological polar surface area (TPSA) is 61.8 Å². The highest BCUT2D eigenvalue weighted by Crippen LogP contribution is 2.23. The molecule has 2 fully saturated rings. The number of aryl methyl sites for hydroxylation is 1. The summed E-state index contributed by atoms with van der Waals surface area (Å²) in [6.07, 6.45) is 3.37. The molecule has 3 heterocycles. The molecule has 2 saturated heterocycles. The Morgan fingerprint density at radius 1 is 1.06 bits per heavy atom. The number of piperazine rings is 1. The van der Waals surface area contributed by atoms with Crippen molar-refractivity contribution < 1.29 is 9.53 Å². The van der Waals surface area contributed by atoms with Crippen LogP contribution in [0.2, 0.25) is 0 Å². The molecule has 0 aliphatic carbocycles. The number of ether oxygens (including phenoxy) is 1. The minimum absolute atomic E-state index is 0.00272. The van der Waals surface area contributed by atoms with E-state index < -0.39 is 0 Å². The zero-order valence-electron chi connectivity index (χ0n) is 18.8. The van der Waals surface area contributed by atoms with E-state index in [0.29, 0.717) is 13.1 Å². The molecule has 0 bridgehead atoms. The number of hydrogen-bond acceptors (Lipinski definition) is 6. The molecule has 0 N–H and O–H groups in total. The van der Waals surface area contributed by atoms with E-state index in [1.54, 1.807) is 6.20 Å². The summed E-state index contributed by atoms with van der Waals surface area (Å²) in [7, 11) is 0. The predicted octanol–water partition coefficient (Wildman–Crippen LogP) is 3.49. The number of carbonyl (C=O) groups is 1. The van der Waals surface area contributed by atoms with Gasteiger partial charge in [0, 0.05) is 44.6 Å². The van der Waals surface area contributed by atoms with Crippen LogP contribution in [0.25, 0.3) is 0 Å². The van der Waals surface area contributed by atoms with Gasteiger partial charge < -0.3 is 9.64 Å².